The Bertz CT molecular complexity index is 610. The molecule has 1 aromatic carbocycles. The van der Waals surface area contributed by atoms with Crippen LogP contribution in [0, 0.1) is 0 Å². The van der Waals surface area contributed by atoms with Crippen LogP contribution in [0.25, 0.3) is 0 Å². The van der Waals surface area contributed by atoms with Crippen molar-refractivity contribution in [3.8, 4) is 11.5 Å². The van der Waals surface area contributed by atoms with Crippen molar-refractivity contribution in [1.82, 2.24) is 5.32 Å². The Morgan fingerprint density at radius 1 is 1.26 bits per heavy atom. The number of nitrogens with one attached hydrogen (secondary N) is 1. The lowest BCUT2D eigenvalue weighted by molar-refractivity contribution is 0.287. The number of ether oxygens (including phenoxy) is 2. The second-order valence-corrected chi connectivity index (χ2v) is 7.52. The molecule has 0 saturated heterocycles. The van der Waals surface area contributed by atoms with Crippen molar-refractivity contribution < 1.29 is 9.47 Å². The third kappa shape index (κ3) is 6.22. The van der Waals surface area contributed by atoms with E-state index in [0.29, 0.717) is 23.1 Å². The van der Waals surface area contributed by atoms with Crippen molar-refractivity contribution in [2.24, 2.45) is 0 Å². The van der Waals surface area contributed by atoms with E-state index in [1.54, 1.807) is 18.4 Å². The molecule has 1 aromatic heterocycles. The molecule has 0 radical (unpaired) electrons. The van der Waals surface area contributed by atoms with E-state index in [4.69, 9.17) is 21.1 Å². The third-order valence-electron chi connectivity index (χ3n) is 3.05. The van der Waals surface area contributed by atoms with E-state index in [0.717, 1.165) is 17.0 Å². The Morgan fingerprint density at radius 2 is 2.00 bits per heavy atom. The molecule has 0 aliphatic rings. The Hall–Kier alpha value is -0.940. The molecule has 0 bridgehead atoms. The fourth-order valence-electron chi connectivity index (χ4n) is 1.92. The van der Waals surface area contributed by atoms with Gasteiger partial charge in [0.05, 0.1) is 12.1 Å². The van der Waals surface area contributed by atoms with Crippen molar-refractivity contribution in [2.75, 3.05) is 7.11 Å². The smallest absolute Gasteiger partial charge is 0.180 e. The molecule has 1 heterocycles. The van der Waals surface area contributed by atoms with Gasteiger partial charge in [0.2, 0.25) is 0 Å². The highest BCUT2D eigenvalue weighted by atomic mass is 35.5. The molecular weight excluding hydrogens is 353 g/mol. The lowest BCUT2D eigenvalue weighted by atomic mass is 10.1. The highest BCUT2D eigenvalue weighted by Gasteiger charge is 2.14. The minimum absolute atomic E-state index is 0. The minimum atomic E-state index is 0. The molecule has 0 fully saturated rings. The maximum Gasteiger partial charge on any atom is 0.180 e. The average molecular weight is 376 g/mol. The number of benzene rings is 1. The van der Waals surface area contributed by atoms with Crippen molar-refractivity contribution in [1.29, 1.82) is 0 Å². The first-order valence-electron chi connectivity index (χ1n) is 7.15. The summed E-state index contributed by atoms with van der Waals surface area (Å²) in [5.41, 5.74) is 1.12. The van der Waals surface area contributed by atoms with Gasteiger partial charge in [-0.3, -0.25) is 0 Å². The number of hydrogen-bond acceptors (Lipinski definition) is 4. The van der Waals surface area contributed by atoms with E-state index >= 15 is 0 Å². The van der Waals surface area contributed by atoms with Crippen molar-refractivity contribution in [3.63, 3.8) is 0 Å². The molecule has 0 atom stereocenters. The molecule has 0 aliphatic heterocycles. The van der Waals surface area contributed by atoms with Gasteiger partial charge in [-0.25, -0.2) is 0 Å². The lowest BCUT2D eigenvalue weighted by Gasteiger charge is -2.21. The number of halogens is 2. The van der Waals surface area contributed by atoms with Crippen LogP contribution in [-0.2, 0) is 13.2 Å². The topological polar surface area (TPSA) is 30.5 Å². The van der Waals surface area contributed by atoms with Crippen molar-refractivity contribution in [2.45, 2.75) is 39.5 Å². The van der Waals surface area contributed by atoms with Gasteiger partial charge in [0.1, 0.15) is 6.61 Å². The first-order chi connectivity index (χ1) is 10.4. The zero-order chi connectivity index (χ0) is 16.2. The number of hydrogen-bond donors (Lipinski definition) is 1. The van der Waals surface area contributed by atoms with Crippen LogP contribution < -0.4 is 14.8 Å². The third-order valence-corrected chi connectivity index (χ3v) is 4.18. The fourth-order valence-corrected chi connectivity index (χ4v) is 2.82. The van der Waals surface area contributed by atoms with Gasteiger partial charge < -0.3 is 14.8 Å². The van der Waals surface area contributed by atoms with E-state index in [1.807, 2.05) is 29.6 Å². The van der Waals surface area contributed by atoms with Crippen LogP contribution in [0.1, 0.15) is 31.2 Å². The molecule has 2 aromatic rings. The Labute approximate surface area is 153 Å². The maximum atomic E-state index is 6.37. The van der Waals surface area contributed by atoms with Crippen LogP contribution in [0.4, 0.5) is 0 Å². The van der Waals surface area contributed by atoms with Gasteiger partial charge in [-0.05, 0) is 49.9 Å². The Kier molecular flexibility index (Phi) is 7.68. The normalized spacial score (nSPS) is 11.0. The van der Waals surface area contributed by atoms with E-state index in [-0.39, 0.29) is 17.9 Å². The van der Waals surface area contributed by atoms with Gasteiger partial charge in [-0.2, -0.15) is 0 Å². The lowest BCUT2D eigenvalue weighted by Crippen LogP contribution is -2.35. The highest BCUT2D eigenvalue weighted by Crippen LogP contribution is 2.37. The van der Waals surface area contributed by atoms with E-state index in [9.17, 15) is 0 Å². The van der Waals surface area contributed by atoms with E-state index < -0.39 is 0 Å². The predicted molar refractivity (Wildman–Crippen MR) is 100 cm³/mol. The van der Waals surface area contributed by atoms with Gasteiger partial charge in [0.25, 0.3) is 0 Å². The van der Waals surface area contributed by atoms with Crippen LogP contribution in [0.3, 0.4) is 0 Å². The van der Waals surface area contributed by atoms with Crippen molar-refractivity contribution in [3.05, 3.63) is 45.1 Å². The van der Waals surface area contributed by atoms with Gasteiger partial charge >= 0.3 is 0 Å². The first kappa shape index (κ1) is 20.1. The number of thiophene rings is 1. The Balaban J connectivity index is 0.00000264. The second-order valence-electron chi connectivity index (χ2n) is 6.08. The van der Waals surface area contributed by atoms with Gasteiger partial charge in [0, 0.05) is 17.0 Å². The summed E-state index contributed by atoms with van der Waals surface area (Å²) in [4.78, 5) is 1.15. The molecule has 128 valence electrons. The van der Waals surface area contributed by atoms with Crippen molar-refractivity contribution >= 4 is 35.3 Å². The van der Waals surface area contributed by atoms with Crippen LogP contribution in [-0.4, -0.2) is 12.6 Å². The summed E-state index contributed by atoms with van der Waals surface area (Å²) in [7, 11) is 1.63. The molecule has 23 heavy (non-hydrogen) atoms. The number of rotatable bonds is 6. The summed E-state index contributed by atoms with van der Waals surface area (Å²) >= 11 is 8.03. The SMILES string of the molecule is COc1cc(CNC(C)(C)C)cc(Cl)c1OCc1cccs1.Cl. The molecule has 0 amide bonds. The zero-order valence-electron chi connectivity index (χ0n) is 13.8. The monoisotopic (exact) mass is 375 g/mol. The molecule has 0 spiro atoms. The largest absolute Gasteiger partial charge is 0.493 e. The average Bonchev–Trinajstić information content (AvgIpc) is 2.95. The molecule has 6 heteroatoms. The summed E-state index contributed by atoms with van der Waals surface area (Å²) in [6, 6.07) is 7.93. The fraction of sp³-hybridized carbons (Fsp3) is 0.412. The highest BCUT2D eigenvalue weighted by molar-refractivity contribution is 7.09. The number of methoxy groups -OCH3 is 1. The minimum Gasteiger partial charge on any atom is -0.493 e. The standard InChI is InChI=1S/C17H22ClNO2S.ClH/c1-17(2,3)19-10-12-8-14(18)16(15(9-12)20-4)21-11-13-6-5-7-22-13;/h5-9,19H,10-11H2,1-4H3;1H. The Morgan fingerprint density at radius 3 is 2.57 bits per heavy atom. The van der Waals surface area contributed by atoms with Crippen LogP contribution in [0.2, 0.25) is 5.02 Å². The van der Waals surface area contributed by atoms with E-state index in [1.165, 1.54) is 0 Å². The summed E-state index contributed by atoms with van der Waals surface area (Å²) in [6.07, 6.45) is 0. The molecule has 0 unspecified atom stereocenters. The maximum absolute atomic E-state index is 6.37. The molecule has 0 aliphatic carbocycles. The van der Waals surface area contributed by atoms with Crippen LogP contribution >= 0.6 is 35.3 Å². The summed E-state index contributed by atoms with van der Waals surface area (Å²) in [6.45, 7) is 7.61. The summed E-state index contributed by atoms with van der Waals surface area (Å²) in [5.74, 6) is 1.26. The predicted octanol–water partition coefficient (Wildman–Crippen LogP) is 5.30. The second kappa shape index (κ2) is 8.78. The van der Waals surface area contributed by atoms with Crippen LogP contribution in [0.5, 0.6) is 11.5 Å². The van der Waals surface area contributed by atoms with Crippen LogP contribution in [0.15, 0.2) is 29.6 Å². The zero-order valence-corrected chi connectivity index (χ0v) is 16.2. The van der Waals surface area contributed by atoms with Gasteiger partial charge in [-0.15, -0.1) is 23.7 Å². The molecule has 0 saturated carbocycles. The first-order valence-corrected chi connectivity index (χ1v) is 8.41. The molecule has 2 rings (SSSR count). The summed E-state index contributed by atoms with van der Waals surface area (Å²) < 4.78 is 11.3. The molecular formula is C17H23Cl2NO2S. The quantitative estimate of drug-likeness (QED) is 0.742. The van der Waals surface area contributed by atoms with Gasteiger partial charge in [-0.1, -0.05) is 17.7 Å². The van der Waals surface area contributed by atoms with Gasteiger partial charge in [0.15, 0.2) is 11.5 Å². The molecule has 3 nitrogen and oxygen atoms in total. The summed E-state index contributed by atoms with van der Waals surface area (Å²) in [5, 5.41) is 6.03. The molecule has 1 N–H and O–H groups in total. The van der Waals surface area contributed by atoms with E-state index in [2.05, 4.69) is 26.1 Å².